The lowest BCUT2D eigenvalue weighted by Gasteiger charge is -2.05. The fraction of sp³-hybridized carbons (Fsp3) is 0. The number of carbonyl (C=O) groups excluding carboxylic acids is 1. The Kier molecular flexibility index (Phi) is 3.44. The van der Waals surface area contributed by atoms with Crippen molar-refractivity contribution in [3.63, 3.8) is 0 Å². The lowest BCUT2D eigenvalue weighted by molar-refractivity contribution is -0.385. The molecule has 0 saturated heterocycles. The van der Waals surface area contributed by atoms with Crippen LogP contribution < -0.4 is 16.6 Å². The number of nitrogens with one attached hydrogen (secondary N) is 2. The zero-order chi connectivity index (χ0) is 13.0. The van der Waals surface area contributed by atoms with Gasteiger partial charge in [-0.15, -0.1) is 0 Å². The number of carboxylic acid groups (broad SMARTS) is 1. The Hall–Kier alpha value is -2.84. The van der Waals surface area contributed by atoms with Gasteiger partial charge in [0.25, 0.3) is 11.6 Å². The number of benzene rings is 1. The van der Waals surface area contributed by atoms with Gasteiger partial charge in [-0.3, -0.25) is 20.3 Å². The van der Waals surface area contributed by atoms with Gasteiger partial charge in [0, 0.05) is 11.8 Å². The van der Waals surface area contributed by atoms with Crippen molar-refractivity contribution in [2.75, 3.05) is 5.73 Å². The molecule has 0 bridgehead atoms. The summed E-state index contributed by atoms with van der Waals surface area (Å²) in [5.74, 6) is -0.945. The topological polar surface area (TPSA) is 148 Å². The second kappa shape index (κ2) is 4.79. The minimum Gasteiger partial charge on any atom is -0.464 e. The molecule has 0 radical (unpaired) electrons. The van der Waals surface area contributed by atoms with E-state index < -0.39 is 22.6 Å². The van der Waals surface area contributed by atoms with Crippen LogP contribution in [0.5, 0.6) is 0 Å². The summed E-state index contributed by atoms with van der Waals surface area (Å²) in [5, 5.41) is 18.9. The quantitative estimate of drug-likeness (QED) is 0.327. The Morgan fingerprint density at radius 2 is 2.00 bits per heavy atom. The molecule has 0 unspecified atom stereocenters. The molecule has 0 aliphatic carbocycles. The highest BCUT2D eigenvalue weighted by Gasteiger charge is 2.20. The van der Waals surface area contributed by atoms with Crippen LogP contribution in [0.15, 0.2) is 18.2 Å². The number of nitrogens with two attached hydrogens (primary N) is 1. The Morgan fingerprint density at radius 3 is 2.53 bits per heavy atom. The molecular formula is C8H8N4O5. The van der Waals surface area contributed by atoms with E-state index in [4.69, 9.17) is 10.8 Å². The molecule has 2 amide bonds. The second-order valence-corrected chi connectivity index (χ2v) is 2.92. The van der Waals surface area contributed by atoms with Gasteiger partial charge in [0.1, 0.15) is 5.56 Å². The van der Waals surface area contributed by atoms with E-state index in [0.717, 1.165) is 12.1 Å². The van der Waals surface area contributed by atoms with Gasteiger partial charge >= 0.3 is 6.09 Å². The molecule has 90 valence electrons. The SMILES string of the molecule is Nc1ccc(C(=O)NNC(=O)O)c([N+](=O)[O-])c1. The molecule has 1 aromatic carbocycles. The number of hydrazine groups is 1. The molecule has 17 heavy (non-hydrogen) atoms. The summed E-state index contributed by atoms with van der Waals surface area (Å²) in [7, 11) is 0. The maximum Gasteiger partial charge on any atom is 0.423 e. The minimum atomic E-state index is -1.49. The van der Waals surface area contributed by atoms with Crippen LogP contribution in [-0.4, -0.2) is 22.0 Å². The summed E-state index contributed by atoms with van der Waals surface area (Å²) >= 11 is 0. The molecule has 0 fully saturated rings. The van der Waals surface area contributed by atoms with Gasteiger partial charge in [-0.2, -0.15) is 0 Å². The molecule has 5 N–H and O–H groups in total. The average Bonchev–Trinajstić information content (AvgIpc) is 2.25. The van der Waals surface area contributed by atoms with Gasteiger partial charge in [0.05, 0.1) is 4.92 Å². The van der Waals surface area contributed by atoms with Crippen molar-refractivity contribution in [2.24, 2.45) is 0 Å². The zero-order valence-electron chi connectivity index (χ0n) is 8.34. The lowest BCUT2D eigenvalue weighted by Crippen LogP contribution is -2.40. The maximum atomic E-state index is 11.4. The fourth-order valence-electron chi connectivity index (χ4n) is 1.07. The highest BCUT2D eigenvalue weighted by Crippen LogP contribution is 2.21. The van der Waals surface area contributed by atoms with Gasteiger partial charge < -0.3 is 10.8 Å². The van der Waals surface area contributed by atoms with Crippen LogP contribution in [0.2, 0.25) is 0 Å². The first-order valence-electron chi connectivity index (χ1n) is 4.25. The van der Waals surface area contributed by atoms with E-state index in [1.165, 1.54) is 6.07 Å². The van der Waals surface area contributed by atoms with Crippen LogP contribution in [0.4, 0.5) is 16.2 Å². The predicted octanol–water partition coefficient (Wildman–Crippen LogP) is 0.0894. The molecule has 0 saturated carbocycles. The van der Waals surface area contributed by atoms with Crippen molar-refractivity contribution in [3.8, 4) is 0 Å². The summed E-state index contributed by atoms with van der Waals surface area (Å²) in [6.07, 6.45) is -1.49. The molecule has 1 rings (SSSR count). The van der Waals surface area contributed by atoms with Crippen LogP contribution in [0.25, 0.3) is 0 Å². The number of amides is 2. The first-order chi connectivity index (χ1) is 7.91. The molecular weight excluding hydrogens is 232 g/mol. The molecule has 0 aromatic heterocycles. The van der Waals surface area contributed by atoms with E-state index >= 15 is 0 Å². The van der Waals surface area contributed by atoms with Crippen LogP contribution >= 0.6 is 0 Å². The number of nitro benzene ring substituents is 1. The number of carbonyl (C=O) groups is 2. The summed E-state index contributed by atoms with van der Waals surface area (Å²) in [5.41, 5.74) is 8.03. The summed E-state index contributed by atoms with van der Waals surface area (Å²) in [6, 6.07) is 3.44. The third-order valence-corrected chi connectivity index (χ3v) is 1.75. The van der Waals surface area contributed by atoms with Gasteiger partial charge in [0.15, 0.2) is 0 Å². The third-order valence-electron chi connectivity index (χ3n) is 1.75. The van der Waals surface area contributed by atoms with Gasteiger partial charge in [0.2, 0.25) is 0 Å². The number of nitrogen functional groups attached to an aromatic ring is 1. The summed E-state index contributed by atoms with van der Waals surface area (Å²) in [6.45, 7) is 0. The number of hydrogen-bond donors (Lipinski definition) is 4. The fourth-order valence-corrected chi connectivity index (χ4v) is 1.07. The molecule has 1 aromatic rings. The van der Waals surface area contributed by atoms with E-state index in [9.17, 15) is 19.7 Å². The Labute approximate surface area is 94.3 Å². The summed E-state index contributed by atoms with van der Waals surface area (Å²) in [4.78, 5) is 31.4. The van der Waals surface area contributed by atoms with E-state index in [1.807, 2.05) is 0 Å². The zero-order valence-corrected chi connectivity index (χ0v) is 8.34. The summed E-state index contributed by atoms with van der Waals surface area (Å²) < 4.78 is 0. The van der Waals surface area contributed by atoms with Crippen molar-refractivity contribution >= 4 is 23.4 Å². The number of hydrogen-bond acceptors (Lipinski definition) is 5. The van der Waals surface area contributed by atoms with Crippen LogP contribution in [0, 0.1) is 10.1 Å². The number of nitro groups is 1. The van der Waals surface area contributed by atoms with Crippen molar-refractivity contribution in [3.05, 3.63) is 33.9 Å². The van der Waals surface area contributed by atoms with Crippen molar-refractivity contribution < 1.29 is 19.6 Å². The Morgan fingerprint density at radius 1 is 1.35 bits per heavy atom. The van der Waals surface area contributed by atoms with Crippen LogP contribution in [0.1, 0.15) is 10.4 Å². The number of anilines is 1. The monoisotopic (exact) mass is 240 g/mol. The van der Waals surface area contributed by atoms with Crippen molar-refractivity contribution in [2.45, 2.75) is 0 Å². The highest BCUT2D eigenvalue weighted by atomic mass is 16.6. The highest BCUT2D eigenvalue weighted by molar-refractivity contribution is 5.99. The van der Waals surface area contributed by atoms with E-state index in [0.29, 0.717) is 0 Å². The molecule has 0 spiro atoms. The first-order valence-corrected chi connectivity index (χ1v) is 4.25. The molecule has 9 heteroatoms. The second-order valence-electron chi connectivity index (χ2n) is 2.92. The van der Waals surface area contributed by atoms with Crippen LogP contribution in [-0.2, 0) is 0 Å². The average molecular weight is 240 g/mol. The minimum absolute atomic E-state index is 0.124. The lowest BCUT2D eigenvalue weighted by atomic mass is 10.1. The number of nitrogens with zero attached hydrogens (tertiary/aromatic N) is 1. The predicted molar refractivity (Wildman–Crippen MR) is 56.1 cm³/mol. The van der Waals surface area contributed by atoms with Gasteiger partial charge in [-0.1, -0.05) is 0 Å². The smallest absolute Gasteiger partial charge is 0.423 e. The molecule has 0 heterocycles. The number of rotatable bonds is 2. The van der Waals surface area contributed by atoms with Crippen molar-refractivity contribution in [1.82, 2.24) is 10.9 Å². The van der Waals surface area contributed by atoms with Crippen molar-refractivity contribution in [1.29, 1.82) is 0 Å². The molecule has 0 atom stereocenters. The van der Waals surface area contributed by atoms with E-state index in [2.05, 4.69) is 0 Å². The standard InChI is InChI=1S/C8H8N4O5/c9-4-1-2-5(6(3-4)12(16)17)7(13)10-11-8(14)15/h1-3,11H,9H2,(H,10,13)(H,14,15). The van der Waals surface area contributed by atoms with E-state index in [1.54, 1.807) is 10.9 Å². The molecule has 0 aliphatic rings. The Bertz CT molecular complexity index is 487. The molecule has 0 aliphatic heterocycles. The van der Waals surface area contributed by atoms with E-state index in [-0.39, 0.29) is 11.3 Å². The first kappa shape index (κ1) is 12.2. The molecule has 9 nitrogen and oxygen atoms in total. The Balaban J connectivity index is 3.00. The third kappa shape index (κ3) is 3.06. The largest absolute Gasteiger partial charge is 0.464 e. The van der Waals surface area contributed by atoms with Gasteiger partial charge in [-0.05, 0) is 12.1 Å². The maximum absolute atomic E-state index is 11.4. The van der Waals surface area contributed by atoms with Crippen LogP contribution in [0.3, 0.4) is 0 Å². The van der Waals surface area contributed by atoms with Gasteiger partial charge in [-0.25, -0.2) is 10.2 Å². The normalized spacial score (nSPS) is 9.41.